The average molecular weight is 585 g/mol. The predicted molar refractivity (Wildman–Crippen MR) is 133 cm³/mol. The van der Waals surface area contributed by atoms with Crippen LogP contribution in [0, 0.1) is 28.8 Å². The first kappa shape index (κ1) is 31.3. The largest absolute Gasteiger partial charge is 0.444 e. The lowest BCUT2D eigenvalue weighted by atomic mass is 10.0. The van der Waals surface area contributed by atoms with E-state index in [1.165, 1.54) is 4.90 Å². The van der Waals surface area contributed by atoms with Crippen LogP contribution in [0.3, 0.4) is 0 Å². The van der Waals surface area contributed by atoms with E-state index in [4.69, 9.17) is 10.00 Å². The summed E-state index contributed by atoms with van der Waals surface area (Å²) in [5, 5.41) is 13.4. The highest BCUT2D eigenvalue weighted by Crippen LogP contribution is 2.31. The van der Waals surface area contributed by atoms with Crippen LogP contribution < -0.4 is 10.6 Å². The molecule has 0 spiro atoms. The van der Waals surface area contributed by atoms with E-state index in [2.05, 4.69) is 15.6 Å². The molecule has 0 aliphatic carbocycles. The fraction of sp³-hybridized carbons (Fsp3) is 0.500. The number of hydrogen-bond acceptors (Lipinski definition) is 6. The number of nitrogens with zero attached hydrogens (tertiary/aromatic N) is 4. The molecule has 0 unspecified atom stereocenters. The van der Waals surface area contributed by atoms with Crippen LogP contribution in [0.4, 0.5) is 26.7 Å². The van der Waals surface area contributed by atoms with Crippen molar-refractivity contribution in [1.82, 2.24) is 25.1 Å². The van der Waals surface area contributed by atoms with Gasteiger partial charge in [0.2, 0.25) is 5.91 Å². The summed E-state index contributed by atoms with van der Waals surface area (Å²) in [5.41, 5.74) is -1.58. The van der Waals surface area contributed by atoms with Crippen LogP contribution in [0.15, 0.2) is 12.1 Å². The molecule has 1 atom stereocenters. The Morgan fingerprint density at radius 2 is 1.76 bits per heavy atom. The number of carbonyl (C=O) groups excluding carboxylic acids is 3. The van der Waals surface area contributed by atoms with E-state index in [-0.39, 0.29) is 36.6 Å². The number of amides is 3. The zero-order valence-electron chi connectivity index (χ0n) is 22.8. The van der Waals surface area contributed by atoms with Crippen LogP contribution in [0.1, 0.15) is 61.7 Å². The van der Waals surface area contributed by atoms with Gasteiger partial charge in [-0.25, -0.2) is 22.9 Å². The summed E-state index contributed by atoms with van der Waals surface area (Å²) in [6, 6.07) is 1.53. The van der Waals surface area contributed by atoms with Gasteiger partial charge < -0.3 is 24.8 Å². The molecule has 41 heavy (non-hydrogen) atoms. The fourth-order valence-corrected chi connectivity index (χ4v) is 4.28. The maximum absolute atomic E-state index is 14.4. The van der Waals surface area contributed by atoms with Crippen molar-refractivity contribution in [2.45, 2.75) is 71.2 Å². The molecule has 0 saturated carbocycles. The SMILES string of the molecule is CC(C)(C)OC(=O)N[C@@H](CC(=O)N1CCn2c(C(C)(F)F)nc(C(=O)NCC#N)c2C1)Cc1cc(F)c(F)cc1F. The van der Waals surface area contributed by atoms with E-state index in [0.717, 1.165) is 4.57 Å². The molecule has 10 nitrogen and oxygen atoms in total. The zero-order valence-corrected chi connectivity index (χ0v) is 22.8. The molecular formula is C26H29F5N6O4. The molecule has 0 radical (unpaired) electrons. The molecule has 0 bridgehead atoms. The molecule has 222 valence electrons. The summed E-state index contributed by atoms with van der Waals surface area (Å²) in [4.78, 5) is 43.4. The summed E-state index contributed by atoms with van der Waals surface area (Å²) >= 11 is 0. The molecule has 1 aromatic heterocycles. The lowest BCUT2D eigenvalue weighted by Gasteiger charge is -2.31. The van der Waals surface area contributed by atoms with Crippen molar-refractivity contribution in [2.75, 3.05) is 13.1 Å². The Balaban J connectivity index is 1.87. The highest BCUT2D eigenvalue weighted by atomic mass is 19.3. The van der Waals surface area contributed by atoms with Gasteiger partial charge in [-0.05, 0) is 38.8 Å². The second-order valence-electron chi connectivity index (χ2n) is 10.5. The van der Waals surface area contributed by atoms with Crippen LogP contribution >= 0.6 is 0 Å². The van der Waals surface area contributed by atoms with Gasteiger partial charge >= 0.3 is 12.0 Å². The van der Waals surface area contributed by atoms with Crippen LogP contribution in [0.5, 0.6) is 0 Å². The van der Waals surface area contributed by atoms with E-state index in [1.807, 2.05) is 0 Å². The van der Waals surface area contributed by atoms with Gasteiger partial charge in [0, 0.05) is 38.5 Å². The van der Waals surface area contributed by atoms with Crippen molar-refractivity contribution >= 4 is 17.9 Å². The van der Waals surface area contributed by atoms with E-state index in [0.29, 0.717) is 19.1 Å². The van der Waals surface area contributed by atoms with E-state index in [1.54, 1.807) is 26.8 Å². The van der Waals surface area contributed by atoms with Crippen LogP contribution in [-0.4, -0.2) is 57.1 Å². The summed E-state index contributed by atoms with van der Waals surface area (Å²) in [7, 11) is 0. The van der Waals surface area contributed by atoms with Crippen LogP contribution in [-0.2, 0) is 35.0 Å². The van der Waals surface area contributed by atoms with Crippen LogP contribution in [0.25, 0.3) is 0 Å². The Labute approximate surface area is 232 Å². The number of nitriles is 1. The zero-order chi connectivity index (χ0) is 30.7. The second kappa shape index (κ2) is 12.1. The standard InChI is InChI=1S/C26H29F5N6O4/c1-25(2,3)41-24(40)34-15(9-14-10-17(28)18(29)12-16(14)27)11-20(38)36-7-8-37-19(13-36)21(22(39)33-6-5-32)35-23(37)26(4,30)31/h10,12,15H,6-9,11,13H2,1-4H3,(H,33,39)(H,34,40)/t15-/m1/s1. The van der Waals surface area contributed by atoms with Gasteiger partial charge in [0.1, 0.15) is 18.0 Å². The third kappa shape index (κ3) is 7.92. The lowest BCUT2D eigenvalue weighted by molar-refractivity contribution is -0.133. The number of alkyl carbamates (subject to hydrolysis) is 1. The first-order valence-electron chi connectivity index (χ1n) is 12.5. The highest BCUT2D eigenvalue weighted by Gasteiger charge is 2.38. The Morgan fingerprint density at radius 3 is 2.37 bits per heavy atom. The molecule has 1 aliphatic rings. The molecule has 3 amide bonds. The summed E-state index contributed by atoms with van der Waals surface area (Å²) in [6.45, 7) is 4.48. The van der Waals surface area contributed by atoms with Crippen molar-refractivity contribution in [1.29, 1.82) is 5.26 Å². The van der Waals surface area contributed by atoms with Gasteiger partial charge in [-0.1, -0.05) is 0 Å². The quantitative estimate of drug-likeness (QED) is 0.278. The molecule has 1 aromatic carbocycles. The van der Waals surface area contributed by atoms with Crippen molar-refractivity contribution in [2.24, 2.45) is 0 Å². The van der Waals surface area contributed by atoms with Gasteiger partial charge in [0.25, 0.3) is 5.91 Å². The number of imidazole rings is 1. The fourth-order valence-electron chi connectivity index (χ4n) is 4.28. The monoisotopic (exact) mass is 584 g/mol. The van der Waals surface area contributed by atoms with Crippen molar-refractivity contribution in [3.63, 3.8) is 0 Å². The molecule has 2 N–H and O–H groups in total. The molecule has 15 heteroatoms. The Morgan fingerprint density at radius 1 is 1.10 bits per heavy atom. The van der Waals surface area contributed by atoms with Gasteiger partial charge in [-0.3, -0.25) is 9.59 Å². The van der Waals surface area contributed by atoms with Gasteiger partial charge in [-0.2, -0.15) is 14.0 Å². The summed E-state index contributed by atoms with van der Waals surface area (Å²) in [5.74, 6) is -9.40. The number of benzene rings is 1. The molecule has 1 aliphatic heterocycles. The second-order valence-corrected chi connectivity index (χ2v) is 10.5. The number of carbonyl (C=O) groups is 3. The number of halogens is 5. The first-order valence-corrected chi connectivity index (χ1v) is 12.5. The summed E-state index contributed by atoms with van der Waals surface area (Å²) < 4.78 is 76.5. The third-order valence-electron chi connectivity index (χ3n) is 5.99. The summed E-state index contributed by atoms with van der Waals surface area (Å²) in [6.07, 6.45) is -1.81. The van der Waals surface area contributed by atoms with Gasteiger partial charge in [0.15, 0.2) is 23.2 Å². The predicted octanol–water partition coefficient (Wildman–Crippen LogP) is 3.53. The molecule has 0 fully saturated rings. The lowest BCUT2D eigenvalue weighted by Crippen LogP contribution is -2.46. The maximum atomic E-state index is 14.4. The van der Waals surface area contributed by atoms with Gasteiger partial charge in [-0.15, -0.1) is 0 Å². The number of ether oxygens (including phenoxy) is 1. The van der Waals surface area contributed by atoms with E-state index in [9.17, 15) is 36.3 Å². The Bertz CT molecular complexity index is 1380. The molecule has 0 saturated heterocycles. The average Bonchev–Trinajstić information content (AvgIpc) is 3.24. The van der Waals surface area contributed by atoms with Crippen molar-refractivity contribution in [3.8, 4) is 6.07 Å². The Hall–Kier alpha value is -4.22. The smallest absolute Gasteiger partial charge is 0.407 e. The minimum absolute atomic E-state index is 0.0138. The normalized spacial score (nSPS) is 14.1. The minimum atomic E-state index is -3.41. The van der Waals surface area contributed by atoms with Crippen molar-refractivity contribution in [3.05, 3.63) is 52.4 Å². The number of rotatable bonds is 8. The Kier molecular flexibility index (Phi) is 9.25. The molecule has 3 rings (SSSR count). The van der Waals surface area contributed by atoms with E-state index >= 15 is 0 Å². The number of alkyl halides is 2. The molecule has 2 aromatic rings. The first-order chi connectivity index (χ1) is 19.0. The number of nitrogens with one attached hydrogen (secondary N) is 2. The maximum Gasteiger partial charge on any atom is 0.407 e. The number of aromatic nitrogens is 2. The van der Waals surface area contributed by atoms with Crippen LogP contribution in [0.2, 0.25) is 0 Å². The molecular weight excluding hydrogens is 555 g/mol. The topological polar surface area (TPSA) is 129 Å². The van der Waals surface area contributed by atoms with Crippen molar-refractivity contribution < 1.29 is 41.1 Å². The number of hydrogen-bond donors (Lipinski definition) is 2. The van der Waals surface area contributed by atoms with E-state index < -0.39 is 78.1 Å². The third-order valence-corrected chi connectivity index (χ3v) is 5.99. The highest BCUT2D eigenvalue weighted by molar-refractivity contribution is 5.94. The molecule has 2 heterocycles. The minimum Gasteiger partial charge on any atom is -0.444 e. The number of fused-ring (bicyclic) bond motifs is 1. The van der Waals surface area contributed by atoms with Gasteiger partial charge in [0.05, 0.1) is 18.3 Å².